The Morgan fingerprint density at radius 3 is 2.71 bits per heavy atom. The monoisotopic (exact) mass is 376 g/mol. The van der Waals surface area contributed by atoms with Crippen molar-refractivity contribution in [2.24, 2.45) is 0 Å². The van der Waals surface area contributed by atoms with E-state index in [0.29, 0.717) is 16.9 Å². The molecule has 0 saturated carbocycles. The molecule has 1 aliphatic rings. The maximum Gasteiger partial charge on any atom is 0.264 e. The van der Waals surface area contributed by atoms with Crippen LogP contribution in [0.15, 0.2) is 59.5 Å². The Morgan fingerprint density at radius 1 is 1.07 bits per heavy atom. The van der Waals surface area contributed by atoms with E-state index in [1.54, 1.807) is 30.5 Å². The second-order valence-corrected chi connectivity index (χ2v) is 6.45. The van der Waals surface area contributed by atoms with Crippen LogP contribution in [-0.4, -0.2) is 47.3 Å². The van der Waals surface area contributed by atoms with E-state index in [9.17, 15) is 9.59 Å². The summed E-state index contributed by atoms with van der Waals surface area (Å²) in [6.45, 7) is 3.46. The van der Waals surface area contributed by atoms with Crippen LogP contribution in [0, 0.1) is 0 Å². The molecular formula is C20H20N6O2. The maximum atomic E-state index is 12.8. The maximum absolute atomic E-state index is 12.8. The van der Waals surface area contributed by atoms with Gasteiger partial charge in [-0.2, -0.15) is 5.10 Å². The van der Waals surface area contributed by atoms with Crippen molar-refractivity contribution >= 4 is 17.4 Å². The highest BCUT2D eigenvalue weighted by Gasteiger charge is 2.17. The first-order chi connectivity index (χ1) is 13.7. The summed E-state index contributed by atoms with van der Waals surface area (Å²) in [5, 5.41) is 12.7. The van der Waals surface area contributed by atoms with Gasteiger partial charge in [-0.05, 0) is 30.3 Å². The van der Waals surface area contributed by atoms with Crippen LogP contribution in [0.2, 0.25) is 0 Å². The number of anilines is 2. The van der Waals surface area contributed by atoms with E-state index in [1.807, 2.05) is 18.2 Å². The SMILES string of the molecule is O=C(Nc1cccnc1N1CCNCC1)c1cccc(-c2ccc(=O)[nH]n2)c1. The fourth-order valence-electron chi connectivity index (χ4n) is 3.14. The smallest absolute Gasteiger partial charge is 0.264 e. The van der Waals surface area contributed by atoms with E-state index in [2.05, 4.69) is 30.7 Å². The lowest BCUT2D eigenvalue weighted by Gasteiger charge is -2.29. The van der Waals surface area contributed by atoms with Gasteiger partial charge in [-0.3, -0.25) is 9.59 Å². The number of carbonyl (C=O) groups excluding carboxylic acids is 1. The molecule has 3 N–H and O–H groups in total. The molecule has 28 heavy (non-hydrogen) atoms. The molecule has 0 bridgehead atoms. The number of benzene rings is 1. The van der Waals surface area contributed by atoms with Crippen molar-refractivity contribution in [1.29, 1.82) is 0 Å². The van der Waals surface area contributed by atoms with Crippen molar-refractivity contribution in [3.8, 4) is 11.3 Å². The zero-order chi connectivity index (χ0) is 19.3. The van der Waals surface area contributed by atoms with Crippen LogP contribution in [0.5, 0.6) is 0 Å². The van der Waals surface area contributed by atoms with E-state index < -0.39 is 0 Å². The Morgan fingerprint density at radius 2 is 1.93 bits per heavy atom. The summed E-state index contributed by atoms with van der Waals surface area (Å²) in [6.07, 6.45) is 1.73. The Hall–Kier alpha value is -3.52. The molecule has 1 aromatic carbocycles. The highest BCUT2D eigenvalue weighted by molar-refractivity contribution is 6.06. The van der Waals surface area contributed by atoms with E-state index in [1.165, 1.54) is 6.07 Å². The minimum absolute atomic E-state index is 0.226. The van der Waals surface area contributed by atoms with E-state index in [4.69, 9.17) is 0 Å². The van der Waals surface area contributed by atoms with Gasteiger partial charge in [0.05, 0.1) is 11.4 Å². The summed E-state index contributed by atoms with van der Waals surface area (Å²) >= 11 is 0. The molecule has 0 unspecified atom stereocenters. The second-order valence-electron chi connectivity index (χ2n) is 6.45. The van der Waals surface area contributed by atoms with Crippen molar-refractivity contribution in [3.63, 3.8) is 0 Å². The quantitative estimate of drug-likeness (QED) is 0.638. The number of aromatic amines is 1. The van der Waals surface area contributed by atoms with Gasteiger partial charge in [0.2, 0.25) is 0 Å². The third-order valence-corrected chi connectivity index (χ3v) is 4.55. The summed E-state index contributed by atoms with van der Waals surface area (Å²) in [4.78, 5) is 30.7. The third-order valence-electron chi connectivity index (χ3n) is 4.55. The van der Waals surface area contributed by atoms with E-state index in [0.717, 1.165) is 37.6 Å². The number of rotatable bonds is 4. The zero-order valence-electron chi connectivity index (χ0n) is 15.2. The first kappa shape index (κ1) is 17.9. The average Bonchev–Trinajstić information content (AvgIpc) is 2.75. The van der Waals surface area contributed by atoms with Crippen molar-refractivity contribution < 1.29 is 4.79 Å². The number of hydrogen-bond donors (Lipinski definition) is 3. The topological polar surface area (TPSA) is 103 Å². The lowest BCUT2D eigenvalue weighted by atomic mass is 10.1. The number of nitrogens with zero attached hydrogens (tertiary/aromatic N) is 3. The Labute approximate surface area is 161 Å². The summed E-state index contributed by atoms with van der Waals surface area (Å²) in [5.41, 5.74) is 2.26. The van der Waals surface area contributed by atoms with Gasteiger partial charge in [-0.1, -0.05) is 12.1 Å². The van der Waals surface area contributed by atoms with Crippen molar-refractivity contribution in [2.75, 3.05) is 36.4 Å². The van der Waals surface area contributed by atoms with Crippen LogP contribution < -0.4 is 21.1 Å². The summed E-state index contributed by atoms with van der Waals surface area (Å²) in [5.74, 6) is 0.548. The number of H-pyrrole nitrogens is 1. The standard InChI is InChI=1S/C20H20N6O2/c27-18-7-6-16(24-25-18)14-3-1-4-15(13-14)20(28)23-17-5-2-8-22-19(17)26-11-9-21-10-12-26/h1-8,13,21H,9-12H2,(H,23,28)(H,25,27). The normalized spacial score (nSPS) is 13.9. The average molecular weight is 376 g/mol. The summed E-state index contributed by atoms with van der Waals surface area (Å²) in [7, 11) is 0. The Balaban J connectivity index is 1.57. The van der Waals surface area contributed by atoms with Crippen LogP contribution in [0.3, 0.4) is 0 Å². The van der Waals surface area contributed by atoms with Crippen LogP contribution in [0.1, 0.15) is 10.4 Å². The molecule has 3 aromatic rings. The van der Waals surface area contributed by atoms with Gasteiger partial charge < -0.3 is 15.5 Å². The van der Waals surface area contributed by atoms with Gasteiger partial charge in [0.1, 0.15) is 0 Å². The highest BCUT2D eigenvalue weighted by Crippen LogP contribution is 2.24. The van der Waals surface area contributed by atoms with E-state index >= 15 is 0 Å². The fourth-order valence-corrected chi connectivity index (χ4v) is 3.14. The predicted octanol–water partition coefficient (Wildman–Crippen LogP) is 1.49. The molecule has 0 aliphatic carbocycles. The number of aromatic nitrogens is 3. The predicted molar refractivity (Wildman–Crippen MR) is 108 cm³/mol. The fraction of sp³-hybridized carbons (Fsp3) is 0.200. The second kappa shape index (κ2) is 8.01. The molecule has 1 amide bonds. The number of piperazine rings is 1. The highest BCUT2D eigenvalue weighted by atomic mass is 16.1. The van der Waals surface area contributed by atoms with Crippen LogP contribution in [0.25, 0.3) is 11.3 Å². The van der Waals surface area contributed by atoms with Gasteiger partial charge in [0, 0.05) is 49.6 Å². The molecule has 4 rings (SSSR count). The molecule has 8 heteroatoms. The first-order valence-electron chi connectivity index (χ1n) is 9.09. The number of nitrogens with one attached hydrogen (secondary N) is 3. The van der Waals surface area contributed by atoms with Crippen LogP contribution in [-0.2, 0) is 0 Å². The Bertz CT molecular complexity index is 1020. The first-order valence-corrected chi connectivity index (χ1v) is 9.09. The van der Waals surface area contributed by atoms with E-state index in [-0.39, 0.29) is 11.5 Å². The lowest BCUT2D eigenvalue weighted by molar-refractivity contribution is 0.102. The van der Waals surface area contributed by atoms with Crippen LogP contribution in [0.4, 0.5) is 11.5 Å². The van der Waals surface area contributed by atoms with Crippen molar-refractivity contribution in [1.82, 2.24) is 20.5 Å². The molecule has 3 heterocycles. The lowest BCUT2D eigenvalue weighted by Crippen LogP contribution is -2.44. The van der Waals surface area contributed by atoms with Gasteiger partial charge in [-0.15, -0.1) is 0 Å². The van der Waals surface area contributed by atoms with Gasteiger partial charge >= 0.3 is 0 Å². The van der Waals surface area contributed by atoms with Gasteiger partial charge in [0.25, 0.3) is 11.5 Å². The Kier molecular flexibility index (Phi) is 5.11. The molecule has 142 valence electrons. The van der Waals surface area contributed by atoms with Gasteiger partial charge in [0.15, 0.2) is 5.82 Å². The molecular weight excluding hydrogens is 356 g/mol. The molecule has 1 fully saturated rings. The molecule has 0 radical (unpaired) electrons. The molecule has 0 spiro atoms. The molecule has 1 saturated heterocycles. The molecule has 2 aromatic heterocycles. The zero-order valence-corrected chi connectivity index (χ0v) is 15.2. The molecule has 0 atom stereocenters. The van der Waals surface area contributed by atoms with Crippen molar-refractivity contribution in [3.05, 3.63) is 70.6 Å². The van der Waals surface area contributed by atoms with Gasteiger partial charge in [-0.25, -0.2) is 10.1 Å². The summed E-state index contributed by atoms with van der Waals surface area (Å²) < 4.78 is 0. The minimum atomic E-state index is -0.269. The number of hydrogen-bond acceptors (Lipinski definition) is 6. The number of carbonyl (C=O) groups is 1. The largest absolute Gasteiger partial charge is 0.352 e. The third kappa shape index (κ3) is 3.91. The van der Waals surface area contributed by atoms with Crippen LogP contribution >= 0.6 is 0 Å². The summed E-state index contributed by atoms with van der Waals surface area (Å²) in [6, 6.07) is 13.8. The molecule has 1 aliphatic heterocycles. The number of pyridine rings is 1. The number of amides is 1. The minimum Gasteiger partial charge on any atom is -0.352 e. The van der Waals surface area contributed by atoms with Crippen molar-refractivity contribution in [2.45, 2.75) is 0 Å². The molecule has 8 nitrogen and oxygen atoms in total.